The van der Waals surface area contributed by atoms with Gasteiger partial charge in [0.2, 0.25) is 11.8 Å². The predicted octanol–water partition coefficient (Wildman–Crippen LogP) is 2.36. The van der Waals surface area contributed by atoms with Crippen LogP contribution in [0.4, 0.5) is 5.69 Å². The quantitative estimate of drug-likeness (QED) is 0.312. The Kier molecular flexibility index (Phi) is 11.6. The Balaban J connectivity index is 0.000000345. The molecular weight excluding hydrogens is 570 g/mol. The first kappa shape index (κ1) is 34.2. The Bertz CT molecular complexity index is 1350. The highest BCUT2D eigenvalue weighted by molar-refractivity contribution is 6.03. The zero-order chi connectivity index (χ0) is 32.6. The summed E-state index contributed by atoms with van der Waals surface area (Å²) in [5.41, 5.74) is 2.08. The van der Waals surface area contributed by atoms with Crippen molar-refractivity contribution >= 4 is 35.4 Å². The second kappa shape index (κ2) is 14.9. The molecule has 4 N–H and O–H groups in total. The van der Waals surface area contributed by atoms with Crippen LogP contribution in [0.1, 0.15) is 54.7 Å². The van der Waals surface area contributed by atoms with Gasteiger partial charge in [0.25, 0.3) is 0 Å². The number of piperidine rings is 1. The third kappa shape index (κ3) is 8.64. The average Bonchev–Trinajstić information content (AvgIpc) is 3.35. The number of aliphatic hydroxyl groups is 1. The fourth-order valence-electron chi connectivity index (χ4n) is 5.79. The molecule has 12 heteroatoms. The van der Waals surface area contributed by atoms with Gasteiger partial charge in [-0.25, -0.2) is 4.79 Å². The van der Waals surface area contributed by atoms with Gasteiger partial charge in [-0.3, -0.25) is 24.1 Å². The topological polar surface area (TPSA) is 176 Å². The highest BCUT2D eigenvalue weighted by Gasteiger charge is 2.41. The average molecular weight is 612 g/mol. The number of aryl methyl sites for hydroxylation is 1. The van der Waals surface area contributed by atoms with Gasteiger partial charge in [-0.1, -0.05) is 42.5 Å². The molecule has 0 spiro atoms. The van der Waals surface area contributed by atoms with E-state index in [9.17, 15) is 24.0 Å². The SMILES string of the molecule is Cc1ccccc1C1CCN(CCC(=O)N2c3ccccc3C[C@H]2C(=O)N(C)C)CC1.O=C(O)CC(O)(CC(=O)O)C(=O)O. The highest BCUT2D eigenvalue weighted by Crippen LogP contribution is 2.34. The van der Waals surface area contributed by atoms with Crippen molar-refractivity contribution < 1.29 is 44.4 Å². The third-order valence-electron chi connectivity index (χ3n) is 8.11. The number of carbonyl (C=O) groups excluding carboxylic acids is 2. The number of benzene rings is 2. The summed E-state index contributed by atoms with van der Waals surface area (Å²) in [6.45, 7) is 4.98. The Hall–Kier alpha value is -4.29. The van der Waals surface area contributed by atoms with E-state index in [0.29, 0.717) is 18.8 Å². The van der Waals surface area contributed by atoms with E-state index in [1.165, 1.54) is 11.1 Å². The molecule has 12 nitrogen and oxygen atoms in total. The first-order chi connectivity index (χ1) is 20.7. The summed E-state index contributed by atoms with van der Waals surface area (Å²) in [6, 6.07) is 16.2. The molecule has 0 bridgehead atoms. The number of hydrogen-bond donors (Lipinski definition) is 4. The largest absolute Gasteiger partial charge is 0.481 e. The molecule has 238 valence electrons. The maximum atomic E-state index is 13.2. The predicted molar refractivity (Wildman–Crippen MR) is 161 cm³/mol. The molecule has 0 saturated carbocycles. The minimum Gasteiger partial charge on any atom is -0.481 e. The molecule has 2 aliphatic heterocycles. The van der Waals surface area contributed by atoms with Crippen molar-refractivity contribution in [1.82, 2.24) is 9.80 Å². The van der Waals surface area contributed by atoms with Crippen LogP contribution in [0.2, 0.25) is 0 Å². The maximum Gasteiger partial charge on any atom is 0.336 e. The standard InChI is InChI=1S/C26H33N3O2.C6H8O7/c1-19-8-4-6-10-22(19)20-12-15-28(16-13-20)17-14-25(30)29-23-11-7-5-9-21(23)18-24(29)26(31)27(2)3;7-3(8)1-6(13,5(11)12)2-4(9)10/h4-11,20,24H,12-18H2,1-3H3;13H,1-2H2,(H,7,8)(H,9,10)(H,11,12)/t24-;/m0./s1. The summed E-state index contributed by atoms with van der Waals surface area (Å²) in [6.07, 6.45) is 1.02. The van der Waals surface area contributed by atoms with Gasteiger partial charge in [-0.15, -0.1) is 0 Å². The normalized spacial score (nSPS) is 16.8. The molecule has 1 saturated heterocycles. The van der Waals surface area contributed by atoms with Crippen LogP contribution < -0.4 is 4.90 Å². The number of nitrogens with zero attached hydrogens (tertiary/aromatic N) is 3. The summed E-state index contributed by atoms with van der Waals surface area (Å²) in [4.78, 5) is 62.2. The molecule has 2 aliphatic rings. The van der Waals surface area contributed by atoms with Crippen molar-refractivity contribution in [1.29, 1.82) is 0 Å². The Morgan fingerprint density at radius 3 is 2.00 bits per heavy atom. The molecule has 2 amide bonds. The second-order valence-electron chi connectivity index (χ2n) is 11.5. The van der Waals surface area contributed by atoms with Gasteiger partial charge in [-0.05, 0) is 61.5 Å². The number of fused-ring (bicyclic) bond motifs is 1. The number of aliphatic carboxylic acids is 3. The third-order valence-corrected chi connectivity index (χ3v) is 8.11. The van der Waals surface area contributed by atoms with Crippen LogP contribution in [-0.4, -0.2) is 105 Å². The number of rotatable bonds is 10. The lowest BCUT2D eigenvalue weighted by molar-refractivity contribution is -0.170. The van der Waals surface area contributed by atoms with Gasteiger partial charge in [0.1, 0.15) is 6.04 Å². The van der Waals surface area contributed by atoms with E-state index >= 15 is 0 Å². The molecule has 0 aromatic heterocycles. The number of hydrogen-bond acceptors (Lipinski definition) is 7. The number of amides is 2. The molecule has 0 aliphatic carbocycles. The molecule has 0 radical (unpaired) electrons. The molecule has 1 fully saturated rings. The minimum absolute atomic E-state index is 0.0106. The number of carboxylic acid groups (broad SMARTS) is 3. The van der Waals surface area contributed by atoms with E-state index in [4.69, 9.17) is 20.4 Å². The molecule has 2 aromatic carbocycles. The lowest BCUT2D eigenvalue weighted by Gasteiger charge is -2.33. The summed E-state index contributed by atoms with van der Waals surface area (Å²) in [5, 5.41) is 33.8. The molecule has 1 atom stereocenters. The van der Waals surface area contributed by atoms with Crippen LogP contribution in [0.5, 0.6) is 0 Å². The first-order valence-corrected chi connectivity index (χ1v) is 14.5. The van der Waals surface area contributed by atoms with Crippen molar-refractivity contribution in [2.45, 2.75) is 63.0 Å². The van der Waals surface area contributed by atoms with Crippen molar-refractivity contribution in [2.75, 3.05) is 38.6 Å². The number of likely N-dealkylation sites (N-methyl/N-ethyl adjacent to an activating group) is 1. The van der Waals surface area contributed by atoms with E-state index in [2.05, 4.69) is 36.1 Å². The summed E-state index contributed by atoms with van der Waals surface area (Å²) >= 11 is 0. The van der Waals surface area contributed by atoms with E-state index in [1.54, 1.807) is 23.9 Å². The molecule has 0 unspecified atom stereocenters. The van der Waals surface area contributed by atoms with Crippen LogP contribution in [0.25, 0.3) is 0 Å². The lowest BCUT2D eigenvalue weighted by atomic mass is 9.87. The maximum absolute atomic E-state index is 13.2. The van der Waals surface area contributed by atoms with Crippen molar-refractivity contribution in [3.63, 3.8) is 0 Å². The van der Waals surface area contributed by atoms with Gasteiger partial charge < -0.3 is 30.2 Å². The number of carboxylic acids is 3. The summed E-state index contributed by atoms with van der Waals surface area (Å²) in [7, 11) is 3.51. The number of carbonyl (C=O) groups is 5. The van der Waals surface area contributed by atoms with E-state index < -0.39 is 42.4 Å². The molecule has 44 heavy (non-hydrogen) atoms. The van der Waals surface area contributed by atoms with Crippen molar-refractivity contribution in [2.24, 2.45) is 0 Å². The van der Waals surface area contributed by atoms with Crippen molar-refractivity contribution in [3.05, 3.63) is 65.2 Å². The smallest absolute Gasteiger partial charge is 0.336 e. The lowest BCUT2D eigenvalue weighted by Crippen LogP contribution is -2.48. The van der Waals surface area contributed by atoms with Crippen molar-refractivity contribution in [3.8, 4) is 0 Å². The number of anilines is 1. The zero-order valence-electron chi connectivity index (χ0n) is 25.3. The molecule has 2 aromatic rings. The number of para-hydroxylation sites is 1. The van der Waals surface area contributed by atoms with Crippen LogP contribution in [0, 0.1) is 6.92 Å². The Morgan fingerprint density at radius 2 is 1.45 bits per heavy atom. The van der Waals surface area contributed by atoms with Crippen LogP contribution >= 0.6 is 0 Å². The Morgan fingerprint density at radius 1 is 0.886 bits per heavy atom. The summed E-state index contributed by atoms with van der Waals surface area (Å²) in [5.74, 6) is -4.37. The molecular formula is C32H41N3O9. The highest BCUT2D eigenvalue weighted by atomic mass is 16.4. The van der Waals surface area contributed by atoms with Gasteiger partial charge in [0.15, 0.2) is 5.60 Å². The van der Waals surface area contributed by atoms with E-state index in [0.717, 1.165) is 43.7 Å². The number of likely N-dealkylation sites (tertiary alicyclic amines) is 1. The van der Waals surface area contributed by atoms with Gasteiger partial charge in [0, 0.05) is 39.2 Å². The fourth-order valence-corrected chi connectivity index (χ4v) is 5.79. The van der Waals surface area contributed by atoms with Crippen LogP contribution in [-0.2, 0) is 30.4 Å². The van der Waals surface area contributed by atoms with Crippen LogP contribution in [0.15, 0.2) is 48.5 Å². The minimum atomic E-state index is -2.74. The summed E-state index contributed by atoms with van der Waals surface area (Å²) < 4.78 is 0. The van der Waals surface area contributed by atoms with Gasteiger partial charge in [-0.2, -0.15) is 0 Å². The van der Waals surface area contributed by atoms with E-state index in [1.807, 2.05) is 24.3 Å². The monoisotopic (exact) mass is 611 g/mol. The fraction of sp³-hybridized carbons (Fsp3) is 0.469. The van der Waals surface area contributed by atoms with Crippen LogP contribution in [0.3, 0.4) is 0 Å². The Labute approximate surface area is 256 Å². The zero-order valence-corrected chi connectivity index (χ0v) is 25.3. The van der Waals surface area contributed by atoms with E-state index in [-0.39, 0.29) is 11.8 Å². The van der Waals surface area contributed by atoms with Gasteiger partial charge >= 0.3 is 17.9 Å². The molecule has 2 heterocycles. The molecule has 4 rings (SSSR count). The van der Waals surface area contributed by atoms with Gasteiger partial charge in [0.05, 0.1) is 12.8 Å². The first-order valence-electron chi connectivity index (χ1n) is 14.5. The second-order valence-corrected chi connectivity index (χ2v) is 11.5.